The molecule has 3 amide bonds. The molecule has 2 aromatic carbocycles. The van der Waals surface area contributed by atoms with E-state index in [2.05, 4.69) is 15.5 Å². The van der Waals surface area contributed by atoms with Gasteiger partial charge in [0.25, 0.3) is 5.91 Å². The van der Waals surface area contributed by atoms with Crippen molar-refractivity contribution in [3.63, 3.8) is 0 Å². The molecule has 0 bridgehead atoms. The van der Waals surface area contributed by atoms with E-state index in [9.17, 15) is 19.2 Å². The summed E-state index contributed by atoms with van der Waals surface area (Å²) in [5, 5.41) is 6.10. The molecule has 3 aromatic rings. The van der Waals surface area contributed by atoms with E-state index in [1.54, 1.807) is 12.1 Å². The van der Waals surface area contributed by atoms with Crippen molar-refractivity contribution in [1.29, 1.82) is 0 Å². The van der Waals surface area contributed by atoms with Crippen molar-refractivity contribution in [2.75, 3.05) is 38.0 Å². The second-order valence-electron chi connectivity index (χ2n) is 13.7. The lowest BCUT2D eigenvalue weighted by Crippen LogP contribution is -2.53. The number of thiophene rings is 1. The van der Waals surface area contributed by atoms with Gasteiger partial charge in [-0.3, -0.25) is 19.8 Å². The molecule has 3 saturated heterocycles. The number of benzene rings is 2. The number of amides is 3. The molecular weight excluding hydrogens is 628 g/mol. The van der Waals surface area contributed by atoms with Gasteiger partial charge >= 0.3 is 18.0 Å². The van der Waals surface area contributed by atoms with Crippen molar-refractivity contribution in [3.8, 4) is 10.4 Å². The van der Waals surface area contributed by atoms with Crippen molar-refractivity contribution >= 4 is 40.2 Å². The highest BCUT2D eigenvalue weighted by atomic mass is 32.1. The Morgan fingerprint density at radius 1 is 1.02 bits per heavy atom. The van der Waals surface area contributed by atoms with E-state index >= 15 is 0 Å². The van der Waals surface area contributed by atoms with Crippen LogP contribution in [0.3, 0.4) is 0 Å². The van der Waals surface area contributed by atoms with Crippen LogP contribution in [0.15, 0.2) is 60.7 Å². The Labute approximate surface area is 285 Å². The Morgan fingerprint density at radius 3 is 2.42 bits per heavy atom. The number of anilines is 1. The van der Waals surface area contributed by atoms with Crippen molar-refractivity contribution in [3.05, 3.63) is 77.4 Å². The standard InChI is InChI=1S/C37H44N4O6S/c1-4-38-35(45)39-31-29(21-30(48-31)26-11-13-27(14-12-26)33(43)46-22-25-9-6-5-7-10-25)32(42)40-19-15-28(16-20-40)41-18-8-17-37(24-41)23-36(2,3)47-34(37)44/h5-7,9-14,21,28H,4,8,15-20,22-24H2,1-3H3,(H2,38,39,45). The van der Waals surface area contributed by atoms with Crippen LogP contribution in [0.1, 0.15) is 79.2 Å². The number of nitrogens with zero attached hydrogens (tertiary/aromatic N) is 2. The van der Waals surface area contributed by atoms with Gasteiger partial charge in [-0.1, -0.05) is 42.5 Å². The fourth-order valence-electron chi connectivity index (χ4n) is 7.35. The third kappa shape index (κ3) is 7.42. The van der Waals surface area contributed by atoms with Crippen molar-refractivity contribution in [2.45, 2.75) is 71.1 Å². The van der Waals surface area contributed by atoms with Crippen LogP contribution < -0.4 is 10.6 Å². The molecule has 1 spiro atoms. The van der Waals surface area contributed by atoms with E-state index in [-0.39, 0.29) is 24.5 Å². The first-order valence-electron chi connectivity index (χ1n) is 16.8. The summed E-state index contributed by atoms with van der Waals surface area (Å²) in [6, 6.07) is 18.3. The highest BCUT2D eigenvalue weighted by Crippen LogP contribution is 2.47. The molecule has 4 heterocycles. The Hall–Kier alpha value is -4.22. The molecule has 11 heteroatoms. The van der Waals surface area contributed by atoms with Crippen LogP contribution in [-0.2, 0) is 20.9 Å². The summed E-state index contributed by atoms with van der Waals surface area (Å²) in [7, 11) is 0. The average Bonchev–Trinajstić information content (AvgIpc) is 3.60. The maximum absolute atomic E-state index is 14.0. The maximum atomic E-state index is 14.0. The van der Waals surface area contributed by atoms with Gasteiger partial charge in [0, 0.05) is 43.5 Å². The lowest BCUT2D eigenvalue weighted by atomic mass is 9.74. The van der Waals surface area contributed by atoms with E-state index in [4.69, 9.17) is 9.47 Å². The number of carbonyl (C=O) groups is 4. The molecule has 48 heavy (non-hydrogen) atoms. The highest BCUT2D eigenvalue weighted by Gasteiger charge is 2.54. The van der Waals surface area contributed by atoms with Crippen molar-refractivity contribution in [1.82, 2.24) is 15.1 Å². The number of hydrogen-bond acceptors (Lipinski definition) is 8. The van der Waals surface area contributed by atoms with E-state index in [0.717, 1.165) is 54.7 Å². The van der Waals surface area contributed by atoms with Crippen LogP contribution in [0.5, 0.6) is 0 Å². The Kier molecular flexibility index (Phi) is 9.89. The number of urea groups is 1. The van der Waals surface area contributed by atoms with E-state index < -0.39 is 17.0 Å². The largest absolute Gasteiger partial charge is 0.459 e. The molecule has 254 valence electrons. The average molecular weight is 673 g/mol. The molecule has 0 radical (unpaired) electrons. The zero-order valence-electron chi connectivity index (χ0n) is 27.9. The molecule has 3 aliphatic rings. The summed E-state index contributed by atoms with van der Waals surface area (Å²) >= 11 is 1.33. The van der Waals surface area contributed by atoms with Gasteiger partial charge in [-0.2, -0.15) is 0 Å². The van der Waals surface area contributed by atoms with Crippen LogP contribution in [0, 0.1) is 5.41 Å². The minimum Gasteiger partial charge on any atom is -0.459 e. The lowest BCUT2D eigenvalue weighted by Gasteiger charge is -2.44. The number of piperidine rings is 2. The van der Waals surface area contributed by atoms with Crippen molar-refractivity contribution in [2.24, 2.45) is 5.41 Å². The maximum Gasteiger partial charge on any atom is 0.338 e. The number of nitrogens with one attached hydrogen (secondary N) is 2. The minimum absolute atomic E-state index is 0.0668. The summed E-state index contributed by atoms with van der Waals surface area (Å²) < 4.78 is 11.2. The van der Waals surface area contributed by atoms with Gasteiger partial charge < -0.3 is 19.7 Å². The van der Waals surface area contributed by atoms with Crippen LogP contribution >= 0.6 is 11.3 Å². The van der Waals surface area contributed by atoms with E-state index in [1.807, 2.05) is 74.2 Å². The van der Waals surface area contributed by atoms with Crippen LogP contribution in [0.25, 0.3) is 10.4 Å². The highest BCUT2D eigenvalue weighted by molar-refractivity contribution is 7.20. The van der Waals surface area contributed by atoms with Gasteiger partial charge in [0.2, 0.25) is 0 Å². The molecular formula is C37H44N4O6S. The lowest BCUT2D eigenvalue weighted by molar-refractivity contribution is -0.154. The normalized spacial score (nSPS) is 21.1. The van der Waals surface area contributed by atoms with E-state index in [1.165, 1.54) is 11.3 Å². The minimum atomic E-state index is -0.428. The fraction of sp³-hybridized carbons (Fsp3) is 0.459. The molecule has 0 saturated carbocycles. The van der Waals surface area contributed by atoms with Gasteiger partial charge in [0.15, 0.2) is 0 Å². The third-order valence-electron chi connectivity index (χ3n) is 9.59. The second-order valence-corrected chi connectivity index (χ2v) is 14.7. The molecule has 10 nitrogen and oxygen atoms in total. The number of rotatable bonds is 8. The number of esters is 2. The van der Waals surface area contributed by atoms with Crippen LogP contribution in [-0.4, -0.2) is 78.0 Å². The first-order valence-corrected chi connectivity index (χ1v) is 17.6. The Balaban J connectivity index is 1.12. The molecule has 1 unspecified atom stereocenters. The molecule has 3 aliphatic heterocycles. The van der Waals surface area contributed by atoms with E-state index in [0.29, 0.717) is 48.3 Å². The predicted octanol–water partition coefficient (Wildman–Crippen LogP) is 6.33. The molecule has 1 atom stereocenters. The number of ether oxygens (including phenoxy) is 2. The summed E-state index contributed by atoms with van der Waals surface area (Å²) in [6.07, 6.45) is 4.21. The number of cyclic esters (lactones) is 1. The number of carbonyl (C=O) groups excluding carboxylic acids is 4. The monoisotopic (exact) mass is 672 g/mol. The smallest absolute Gasteiger partial charge is 0.338 e. The third-order valence-corrected chi connectivity index (χ3v) is 10.7. The van der Waals surface area contributed by atoms with Gasteiger partial charge in [0.1, 0.15) is 17.2 Å². The topological polar surface area (TPSA) is 117 Å². The molecule has 3 fully saturated rings. The molecule has 2 N–H and O–H groups in total. The Morgan fingerprint density at radius 2 is 1.75 bits per heavy atom. The zero-order valence-corrected chi connectivity index (χ0v) is 28.7. The molecule has 0 aliphatic carbocycles. The first kappa shape index (κ1) is 33.7. The summed E-state index contributed by atoms with van der Waals surface area (Å²) in [5.41, 5.74) is 1.75. The van der Waals surface area contributed by atoms with Gasteiger partial charge in [0.05, 0.1) is 16.5 Å². The molecule has 6 rings (SSSR count). The zero-order chi connectivity index (χ0) is 33.9. The summed E-state index contributed by atoms with van der Waals surface area (Å²) in [6.45, 7) is 9.31. The quantitative estimate of drug-likeness (QED) is 0.269. The summed E-state index contributed by atoms with van der Waals surface area (Å²) in [4.78, 5) is 57.2. The van der Waals surface area contributed by atoms with Crippen LogP contribution in [0.2, 0.25) is 0 Å². The fourth-order valence-corrected chi connectivity index (χ4v) is 8.40. The van der Waals surface area contributed by atoms with Gasteiger partial charge in [-0.25, -0.2) is 9.59 Å². The predicted molar refractivity (Wildman–Crippen MR) is 185 cm³/mol. The summed E-state index contributed by atoms with van der Waals surface area (Å²) in [5.74, 6) is -0.607. The van der Waals surface area contributed by atoms with Crippen LogP contribution in [0.4, 0.5) is 9.80 Å². The number of hydrogen-bond donors (Lipinski definition) is 2. The van der Waals surface area contributed by atoms with Gasteiger partial charge in [-0.05, 0) is 82.3 Å². The number of likely N-dealkylation sites (tertiary alicyclic amines) is 2. The van der Waals surface area contributed by atoms with Gasteiger partial charge in [-0.15, -0.1) is 11.3 Å². The molecule has 1 aromatic heterocycles. The second kappa shape index (κ2) is 14.1. The SMILES string of the molecule is CCNC(=O)Nc1sc(-c2ccc(C(=O)OCc3ccccc3)cc2)cc1C(=O)N1CCC(N2CCCC3(C2)CC(C)(C)OC3=O)CC1. The van der Waals surface area contributed by atoms with Crippen molar-refractivity contribution < 1.29 is 28.7 Å². The first-order chi connectivity index (χ1) is 23.1. The Bertz CT molecular complexity index is 1650.